The van der Waals surface area contributed by atoms with Crippen LogP contribution >= 0.6 is 0 Å². The lowest BCUT2D eigenvalue weighted by molar-refractivity contribution is -0.384. The summed E-state index contributed by atoms with van der Waals surface area (Å²) in [6.07, 6.45) is 7.02. The first-order valence-corrected chi connectivity index (χ1v) is 11.0. The Morgan fingerprint density at radius 2 is 1.87 bits per heavy atom. The molecule has 1 heterocycles. The second-order valence-electron chi connectivity index (χ2n) is 8.47. The summed E-state index contributed by atoms with van der Waals surface area (Å²) in [6, 6.07) is 4.81. The fourth-order valence-electron chi connectivity index (χ4n) is 4.33. The molecule has 3 rings (SSSR count). The summed E-state index contributed by atoms with van der Waals surface area (Å²) in [5.74, 6) is -1.03. The molecule has 0 aromatic heterocycles. The highest BCUT2D eigenvalue weighted by atomic mass is 16.6. The molecule has 1 saturated heterocycles. The fourth-order valence-corrected chi connectivity index (χ4v) is 4.33. The van der Waals surface area contributed by atoms with Crippen LogP contribution in [-0.4, -0.2) is 52.7 Å². The van der Waals surface area contributed by atoms with Crippen molar-refractivity contribution in [2.45, 2.75) is 64.0 Å². The minimum atomic E-state index is -0.799. The molecule has 1 aromatic rings. The number of nitrogens with one attached hydrogen (secondary N) is 2. The molecule has 2 N–H and O–H groups in total. The van der Waals surface area contributed by atoms with Crippen molar-refractivity contribution in [3.63, 3.8) is 0 Å². The van der Waals surface area contributed by atoms with E-state index in [1.54, 1.807) is 11.8 Å². The standard InChI is InChI=1S/C22H30N4O5/c1-15(23-20(27)16-7-5-11-19(13-16)26(30)31)22(29)25-12-6-8-17(14-25)21(28)24-18-9-3-2-4-10-18/h5,7,11,13,15,17-18H,2-4,6,8-10,12,14H2,1H3,(H,23,27)(H,24,28). The minimum absolute atomic E-state index is 0.0117. The van der Waals surface area contributed by atoms with Crippen LogP contribution in [0.25, 0.3) is 0 Å². The quantitative estimate of drug-likeness (QED) is 0.530. The first-order chi connectivity index (χ1) is 14.8. The molecule has 168 valence electrons. The Labute approximate surface area is 181 Å². The van der Waals surface area contributed by atoms with Crippen molar-refractivity contribution in [2.24, 2.45) is 5.92 Å². The first kappa shape index (κ1) is 22.7. The highest BCUT2D eigenvalue weighted by molar-refractivity contribution is 5.98. The van der Waals surface area contributed by atoms with Crippen LogP contribution in [0.1, 0.15) is 62.2 Å². The number of non-ortho nitro benzene ring substituents is 1. The van der Waals surface area contributed by atoms with Crippen molar-refractivity contribution in [2.75, 3.05) is 13.1 Å². The Hall–Kier alpha value is -2.97. The maximum atomic E-state index is 12.9. The minimum Gasteiger partial charge on any atom is -0.353 e. The van der Waals surface area contributed by atoms with Crippen LogP contribution in [0.3, 0.4) is 0 Å². The number of carbonyl (C=O) groups is 3. The van der Waals surface area contributed by atoms with Crippen LogP contribution in [0.2, 0.25) is 0 Å². The van der Waals surface area contributed by atoms with Gasteiger partial charge in [-0.25, -0.2) is 0 Å². The third kappa shape index (κ3) is 6.02. The Kier molecular flexibility index (Phi) is 7.59. The third-order valence-corrected chi connectivity index (χ3v) is 6.09. The number of piperidine rings is 1. The Balaban J connectivity index is 1.54. The molecular formula is C22H30N4O5. The van der Waals surface area contributed by atoms with E-state index in [1.807, 2.05) is 0 Å². The van der Waals surface area contributed by atoms with Gasteiger partial charge in [0.15, 0.2) is 0 Å². The molecule has 31 heavy (non-hydrogen) atoms. The van der Waals surface area contributed by atoms with Crippen molar-refractivity contribution < 1.29 is 19.3 Å². The number of hydrogen-bond donors (Lipinski definition) is 2. The van der Waals surface area contributed by atoms with Crippen LogP contribution in [-0.2, 0) is 9.59 Å². The topological polar surface area (TPSA) is 122 Å². The molecule has 0 radical (unpaired) electrons. The van der Waals surface area contributed by atoms with E-state index < -0.39 is 16.9 Å². The summed E-state index contributed by atoms with van der Waals surface area (Å²) < 4.78 is 0. The zero-order valence-electron chi connectivity index (χ0n) is 17.8. The number of hydrogen-bond acceptors (Lipinski definition) is 5. The summed E-state index contributed by atoms with van der Waals surface area (Å²) >= 11 is 0. The van der Waals surface area contributed by atoms with E-state index in [1.165, 1.54) is 30.7 Å². The molecule has 3 amide bonds. The molecule has 9 heteroatoms. The Bertz CT molecular complexity index is 837. The number of rotatable bonds is 6. The second kappa shape index (κ2) is 10.4. The number of carbonyl (C=O) groups excluding carboxylic acids is 3. The summed E-state index contributed by atoms with van der Waals surface area (Å²) in [6.45, 7) is 2.47. The first-order valence-electron chi connectivity index (χ1n) is 11.0. The molecular weight excluding hydrogens is 400 g/mol. The molecule has 1 aliphatic carbocycles. The van der Waals surface area contributed by atoms with Gasteiger partial charge >= 0.3 is 0 Å². The number of benzene rings is 1. The number of nitro benzene ring substituents is 1. The average molecular weight is 431 g/mol. The predicted molar refractivity (Wildman–Crippen MR) is 114 cm³/mol. The van der Waals surface area contributed by atoms with E-state index in [4.69, 9.17) is 0 Å². The fraction of sp³-hybridized carbons (Fsp3) is 0.591. The van der Waals surface area contributed by atoms with E-state index in [-0.39, 0.29) is 35.0 Å². The lowest BCUT2D eigenvalue weighted by Crippen LogP contribution is -2.52. The smallest absolute Gasteiger partial charge is 0.270 e. The van der Waals surface area contributed by atoms with Crippen LogP contribution in [0.4, 0.5) is 5.69 Å². The van der Waals surface area contributed by atoms with Gasteiger partial charge in [0.2, 0.25) is 11.8 Å². The third-order valence-electron chi connectivity index (χ3n) is 6.09. The lowest BCUT2D eigenvalue weighted by atomic mass is 9.93. The largest absolute Gasteiger partial charge is 0.353 e. The van der Waals surface area contributed by atoms with Gasteiger partial charge in [-0.3, -0.25) is 24.5 Å². The van der Waals surface area contributed by atoms with Gasteiger partial charge in [-0.1, -0.05) is 25.3 Å². The summed E-state index contributed by atoms with van der Waals surface area (Å²) in [5.41, 5.74) is -0.0632. The highest BCUT2D eigenvalue weighted by Gasteiger charge is 2.32. The van der Waals surface area contributed by atoms with Gasteiger partial charge in [-0.15, -0.1) is 0 Å². The van der Waals surface area contributed by atoms with Gasteiger partial charge in [-0.2, -0.15) is 0 Å². The molecule has 2 atom stereocenters. The normalized spacial score (nSPS) is 20.5. The molecule has 9 nitrogen and oxygen atoms in total. The van der Waals surface area contributed by atoms with Crippen LogP contribution in [0.15, 0.2) is 24.3 Å². The van der Waals surface area contributed by atoms with Crippen LogP contribution in [0.5, 0.6) is 0 Å². The maximum Gasteiger partial charge on any atom is 0.270 e. The summed E-state index contributed by atoms with van der Waals surface area (Å²) in [7, 11) is 0. The van der Waals surface area contributed by atoms with E-state index in [2.05, 4.69) is 10.6 Å². The van der Waals surface area contributed by atoms with Crippen LogP contribution in [0, 0.1) is 16.0 Å². The molecule has 2 fully saturated rings. The van der Waals surface area contributed by atoms with Gasteiger partial charge in [0.25, 0.3) is 11.6 Å². The average Bonchev–Trinajstić information content (AvgIpc) is 2.79. The number of nitro groups is 1. The van der Waals surface area contributed by atoms with Crippen molar-refractivity contribution in [1.82, 2.24) is 15.5 Å². The Morgan fingerprint density at radius 1 is 1.13 bits per heavy atom. The van der Waals surface area contributed by atoms with E-state index in [0.717, 1.165) is 38.5 Å². The molecule has 0 bridgehead atoms. The van der Waals surface area contributed by atoms with E-state index in [0.29, 0.717) is 13.1 Å². The van der Waals surface area contributed by atoms with Crippen molar-refractivity contribution in [3.05, 3.63) is 39.9 Å². The zero-order chi connectivity index (χ0) is 22.4. The molecule has 2 unspecified atom stereocenters. The maximum absolute atomic E-state index is 12.9. The van der Waals surface area contributed by atoms with Gasteiger partial charge in [-0.05, 0) is 38.7 Å². The molecule has 2 aliphatic rings. The van der Waals surface area contributed by atoms with E-state index >= 15 is 0 Å². The molecule has 1 aliphatic heterocycles. The monoisotopic (exact) mass is 430 g/mol. The number of nitrogens with zero attached hydrogens (tertiary/aromatic N) is 2. The zero-order valence-corrected chi connectivity index (χ0v) is 17.8. The highest BCUT2D eigenvalue weighted by Crippen LogP contribution is 2.21. The number of likely N-dealkylation sites (tertiary alicyclic amines) is 1. The van der Waals surface area contributed by atoms with Gasteiger partial charge in [0.1, 0.15) is 6.04 Å². The number of amides is 3. The summed E-state index contributed by atoms with van der Waals surface area (Å²) in [4.78, 5) is 50.0. The molecule has 0 spiro atoms. The lowest BCUT2D eigenvalue weighted by Gasteiger charge is -2.35. The van der Waals surface area contributed by atoms with Crippen molar-refractivity contribution >= 4 is 23.4 Å². The molecule has 1 saturated carbocycles. The van der Waals surface area contributed by atoms with Gasteiger partial charge < -0.3 is 15.5 Å². The van der Waals surface area contributed by atoms with Gasteiger partial charge in [0, 0.05) is 36.8 Å². The van der Waals surface area contributed by atoms with Crippen molar-refractivity contribution in [3.8, 4) is 0 Å². The second-order valence-corrected chi connectivity index (χ2v) is 8.47. The van der Waals surface area contributed by atoms with E-state index in [9.17, 15) is 24.5 Å². The SMILES string of the molecule is CC(NC(=O)c1cccc([N+](=O)[O-])c1)C(=O)N1CCCC(C(=O)NC2CCCCC2)C1. The van der Waals surface area contributed by atoms with Crippen molar-refractivity contribution in [1.29, 1.82) is 0 Å². The summed E-state index contributed by atoms with van der Waals surface area (Å²) in [5, 5.41) is 16.7. The molecule has 1 aromatic carbocycles. The van der Waals surface area contributed by atoms with Gasteiger partial charge in [0.05, 0.1) is 10.8 Å². The van der Waals surface area contributed by atoms with Crippen LogP contribution < -0.4 is 10.6 Å². The predicted octanol–water partition coefficient (Wildman–Crippen LogP) is 2.40. The Morgan fingerprint density at radius 3 is 2.58 bits per heavy atom.